The molecule has 1 aromatic carbocycles. The van der Waals surface area contributed by atoms with Crippen LogP contribution in [0.25, 0.3) is 0 Å². The maximum atomic E-state index is 9.80. The highest BCUT2D eigenvalue weighted by molar-refractivity contribution is 5.34. The lowest BCUT2D eigenvalue weighted by Gasteiger charge is -2.03. The number of aliphatic hydroxyl groups is 1. The van der Waals surface area contributed by atoms with Crippen LogP contribution < -0.4 is 0 Å². The number of hydrogen-bond donors (Lipinski definition) is 1. The largest absolute Gasteiger partial charge is 0.380 e. The molecule has 1 N–H and O–H groups in total. The molecule has 0 saturated heterocycles. The van der Waals surface area contributed by atoms with Crippen LogP contribution >= 0.6 is 0 Å². The summed E-state index contributed by atoms with van der Waals surface area (Å²) in [5, 5.41) is 9.80. The number of benzene rings is 1. The third kappa shape index (κ3) is 8.56. The molecule has 0 radical (unpaired) electrons. The van der Waals surface area contributed by atoms with Gasteiger partial charge in [0.25, 0.3) is 0 Å². The van der Waals surface area contributed by atoms with Crippen molar-refractivity contribution in [2.75, 3.05) is 0 Å². The third-order valence-electron chi connectivity index (χ3n) is 3.29. The van der Waals surface area contributed by atoms with Crippen molar-refractivity contribution in [2.24, 2.45) is 0 Å². The number of rotatable bonds is 9. The van der Waals surface area contributed by atoms with E-state index in [9.17, 15) is 5.11 Å². The molecule has 0 aliphatic heterocycles. The van der Waals surface area contributed by atoms with Crippen LogP contribution in [0.2, 0.25) is 0 Å². The van der Waals surface area contributed by atoms with Gasteiger partial charge >= 0.3 is 0 Å². The van der Waals surface area contributed by atoms with Gasteiger partial charge in [0.2, 0.25) is 0 Å². The molecule has 0 bridgehead atoms. The van der Waals surface area contributed by atoms with Gasteiger partial charge in [0, 0.05) is 5.56 Å². The second-order valence-corrected chi connectivity index (χ2v) is 5.14. The van der Waals surface area contributed by atoms with Crippen LogP contribution in [-0.4, -0.2) is 11.2 Å². The van der Waals surface area contributed by atoms with Gasteiger partial charge in [0.1, 0.15) is 6.10 Å². The molecule has 20 heavy (non-hydrogen) atoms. The molecule has 0 aliphatic carbocycles. The molecule has 1 rings (SSSR count). The van der Waals surface area contributed by atoms with Gasteiger partial charge in [-0.15, -0.1) is 6.58 Å². The first-order valence-electron chi connectivity index (χ1n) is 7.68. The normalized spacial score (nSPS) is 11.4. The Bertz CT molecular complexity index is 410. The van der Waals surface area contributed by atoms with E-state index >= 15 is 0 Å². The van der Waals surface area contributed by atoms with Crippen molar-refractivity contribution in [3.8, 4) is 11.8 Å². The molecule has 1 atom stereocenters. The molecule has 0 saturated carbocycles. The van der Waals surface area contributed by atoms with Crippen molar-refractivity contribution >= 4 is 0 Å². The Morgan fingerprint density at radius 3 is 2.35 bits per heavy atom. The van der Waals surface area contributed by atoms with E-state index in [1.807, 2.05) is 36.4 Å². The predicted octanol–water partition coefficient (Wildman–Crippen LogP) is 4.71. The molecule has 1 unspecified atom stereocenters. The summed E-state index contributed by atoms with van der Waals surface area (Å²) in [6, 6.07) is 9.81. The smallest absolute Gasteiger partial charge is 0.115 e. The number of hydrogen-bond acceptors (Lipinski definition) is 1. The summed E-state index contributed by atoms with van der Waals surface area (Å²) < 4.78 is 0. The third-order valence-corrected chi connectivity index (χ3v) is 3.29. The first-order chi connectivity index (χ1) is 9.83. The molecule has 1 heteroatoms. The Hall–Kier alpha value is -1.52. The quantitative estimate of drug-likeness (QED) is 0.391. The average molecular weight is 270 g/mol. The standard InChI is InChI=1S/C19H26O/c1-2-3-4-5-6-7-8-12-15-19(20)17-16-18-13-10-9-11-14-18/h2,9-11,13-14,19-20H,1,3-8,12,15H2. The maximum Gasteiger partial charge on any atom is 0.115 e. The van der Waals surface area contributed by atoms with Gasteiger partial charge in [0.15, 0.2) is 0 Å². The zero-order chi connectivity index (χ0) is 14.5. The molecular formula is C19H26O. The highest BCUT2D eigenvalue weighted by Gasteiger charge is 1.99. The summed E-state index contributed by atoms with van der Waals surface area (Å²) in [6.45, 7) is 3.73. The minimum Gasteiger partial charge on any atom is -0.380 e. The topological polar surface area (TPSA) is 20.2 Å². The molecule has 1 nitrogen and oxygen atoms in total. The first-order valence-corrected chi connectivity index (χ1v) is 7.68. The summed E-state index contributed by atoms with van der Waals surface area (Å²) in [5.74, 6) is 5.92. The second kappa shape index (κ2) is 11.3. The molecule has 0 aliphatic rings. The van der Waals surface area contributed by atoms with Crippen molar-refractivity contribution in [1.82, 2.24) is 0 Å². The Kier molecular flexibility index (Phi) is 9.36. The fourth-order valence-corrected chi connectivity index (χ4v) is 2.09. The van der Waals surface area contributed by atoms with Crippen LogP contribution in [0.1, 0.15) is 56.9 Å². The molecule has 0 heterocycles. The Balaban J connectivity index is 2.05. The number of allylic oxidation sites excluding steroid dienone is 1. The molecule has 0 aromatic heterocycles. The van der Waals surface area contributed by atoms with Crippen molar-refractivity contribution in [3.05, 3.63) is 48.6 Å². The molecular weight excluding hydrogens is 244 g/mol. The monoisotopic (exact) mass is 270 g/mol. The van der Waals surface area contributed by atoms with Crippen molar-refractivity contribution in [2.45, 2.75) is 57.5 Å². The van der Waals surface area contributed by atoms with Gasteiger partial charge in [-0.25, -0.2) is 0 Å². The van der Waals surface area contributed by atoms with Gasteiger partial charge in [0.05, 0.1) is 0 Å². The van der Waals surface area contributed by atoms with Crippen LogP contribution in [0, 0.1) is 11.8 Å². The summed E-state index contributed by atoms with van der Waals surface area (Å²) in [6.07, 6.45) is 10.8. The van der Waals surface area contributed by atoms with Crippen molar-refractivity contribution < 1.29 is 5.11 Å². The van der Waals surface area contributed by atoms with Crippen LogP contribution in [0.5, 0.6) is 0 Å². The minimum atomic E-state index is -0.490. The Morgan fingerprint density at radius 2 is 1.65 bits per heavy atom. The van der Waals surface area contributed by atoms with Gasteiger partial charge < -0.3 is 5.11 Å². The van der Waals surface area contributed by atoms with Gasteiger partial charge in [-0.2, -0.15) is 0 Å². The fraction of sp³-hybridized carbons (Fsp3) is 0.474. The molecule has 0 fully saturated rings. The van der Waals surface area contributed by atoms with E-state index in [1.165, 1.54) is 32.1 Å². The maximum absolute atomic E-state index is 9.80. The molecule has 1 aromatic rings. The Labute approximate surface area is 123 Å². The summed E-state index contributed by atoms with van der Waals surface area (Å²) in [5.41, 5.74) is 0.966. The highest BCUT2D eigenvalue weighted by Crippen LogP contribution is 2.10. The molecule has 0 spiro atoms. The van der Waals surface area contributed by atoms with E-state index in [-0.39, 0.29) is 0 Å². The lowest BCUT2D eigenvalue weighted by molar-refractivity contribution is 0.217. The zero-order valence-electron chi connectivity index (χ0n) is 12.4. The van der Waals surface area contributed by atoms with Crippen LogP contribution in [0.15, 0.2) is 43.0 Å². The van der Waals surface area contributed by atoms with E-state index in [2.05, 4.69) is 18.4 Å². The van der Waals surface area contributed by atoms with E-state index in [1.54, 1.807) is 0 Å². The average Bonchev–Trinajstić information content (AvgIpc) is 2.49. The van der Waals surface area contributed by atoms with Crippen molar-refractivity contribution in [3.63, 3.8) is 0 Å². The fourth-order valence-electron chi connectivity index (χ4n) is 2.09. The lowest BCUT2D eigenvalue weighted by Crippen LogP contribution is -2.02. The van der Waals surface area contributed by atoms with E-state index in [0.717, 1.165) is 24.8 Å². The van der Waals surface area contributed by atoms with Crippen LogP contribution in [0.4, 0.5) is 0 Å². The van der Waals surface area contributed by atoms with Gasteiger partial charge in [-0.1, -0.05) is 61.8 Å². The van der Waals surface area contributed by atoms with Crippen molar-refractivity contribution in [1.29, 1.82) is 0 Å². The second-order valence-electron chi connectivity index (χ2n) is 5.14. The number of aliphatic hydroxyl groups excluding tert-OH is 1. The zero-order valence-corrected chi connectivity index (χ0v) is 12.4. The molecule has 108 valence electrons. The van der Waals surface area contributed by atoms with E-state index in [0.29, 0.717) is 0 Å². The highest BCUT2D eigenvalue weighted by atomic mass is 16.3. The van der Waals surface area contributed by atoms with E-state index in [4.69, 9.17) is 0 Å². The first kappa shape index (κ1) is 16.5. The summed E-state index contributed by atoms with van der Waals surface area (Å²) >= 11 is 0. The Morgan fingerprint density at radius 1 is 1.00 bits per heavy atom. The molecule has 0 amide bonds. The van der Waals surface area contributed by atoms with E-state index < -0.39 is 6.10 Å². The van der Waals surface area contributed by atoms with Crippen LogP contribution in [-0.2, 0) is 0 Å². The van der Waals surface area contributed by atoms with Crippen LogP contribution in [0.3, 0.4) is 0 Å². The van der Waals surface area contributed by atoms with Gasteiger partial charge in [-0.3, -0.25) is 0 Å². The predicted molar refractivity (Wildman–Crippen MR) is 86.5 cm³/mol. The summed E-state index contributed by atoms with van der Waals surface area (Å²) in [4.78, 5) is 0. The number of unbranched alkanes of at least 4 members (excludes halogenated alkanes) is 6. The van der Waals surface area contributed by atoms with Gasteiger partial charge in [-0.05, 0) is 37.8 Å². The lowest BCUT2D eigenvalue weighted by atomic mass is 10.1. The minimum absolute atomic E-state index is 0.490. The summed E-state index contributed by atoms with van der Waals surface area (Å²) in [7, 11) is 0. The SMILES string of the molecule is C=CCCCCCCCCC(O)C#Cc1ccccc1.